The van der Waals surface area contributed by atoms with Gasteiger partial charge in [0.1, 0.15) is 0 Å². The van der Waals surface area contributed by atoms with Crippen molar-refractivity contribution in [2.45, 2.75) is 13.8 Å². The molecule has 0 saturated heterocycles. The Kier molecular flexibility index (Phi) is 5.70. The minimum Gasteiger partial charge on any atom is -0.355 e. The number of rotatable bonds is 5. The second kappa shape index (κ2) is 7.74. The molecular formula is C16H17ClN4O3. The first kappa shape index (κ1) is 17.7. The lowest BCUT2D eigenvalue weighted by atomic mass is 10.2. The molecule has 1 heterocycles. The molecule has 0 bridgehead atoms. The summed E-state index contributed by atoms with van der Waals surface area (Å²) in [5.41, 5.74) is 0.447. The largest absolute Gasteiger partial charge is 0.355 e. The van der Waals surface area contributed by atoms with Crippen molar-refractivity contribution in [3.63, 3.8) is 0 Å². The van der Waals surface area contributed by atoms with Crippen molar-refractivity contribution >= 4 is 23.4 Å². The highest BCUT2D eigenvalue weighted by Crippen LogP contribution is 2.13. The smallest absolute Gasteiger partial charge is 0.276 e. The lowest BCUT2D eigenvalue weighted by Gasteiger charge is -2.11. The number of amides is 2. The van der Waals surface area contributed by atoms with E-state index in [0.717, 1.165) is 0 Å². The van der Waals surface area contributed by atoms with Crippen molar-refractivity contribution in [1.29, 1.82) is 0 Å². The van der Waals surface area contributed by atoms with Gasteiger partial charge in [0, 0.05) is 23.3 Å². The second-order valence-corrected chi connectivity index (χ2v) is 5.46. The van der Waals surface area contributed by atoms with Crippen molar-refractivity contribution < 1.29 is 9.59 Å². The minimum absolute atomic E-state index is 0.220. The van der Waals surface area contributed by atoms with Crippen LogP contribution in [0.3, 0.4) is 0 Å². The first-order valence-electron chi connectivity index (χ1n) is 7.34. The molecule has 1 aromatic heterocycles. The zero-order valence-corrected chi connectivity index (χ0v) is 14.1. The number of halogens is 1. The van der Waals surface area contributed by atoms with Crippen molar-refractivity contribution in [2.24, 2.45) is 0 Å². The van der Waals surface area contributed by atoms with Gasteiger partial charge in [0.15, 0.2) is 5.69 Å². The van der Waals surface area contributed by atoms with E-state index in [0.29, 0.717) is 22.9 Å². The van der Waals surface area contributed by atoms with Gasteiger partial charge in [-0.2, -0.15) is 5.10 Å². The fraction of sp³-hybridized carbons (Fsp3) is 0.250. The molecule has 7 nitrogen and oxygen atoms in total. The van der Waals surface area contributed by atoms with Gasteiger partial charge in [0.05, 0.1) is 12.2 Å². The minimum atomic E-state index is -0.700. The molecule has 0 saturated carbocycles. The van der Waals surface area contributed by atoms with Gasteiger partial charge in [-0.25, -0.2) is 4.68 Å². The van der Waals surface area contributed by atoms with Crippen LogP contribution in [0.2, 0.25) is 5.02 Å². The number of hydrogen-bond acceptors (Lipinski definition) is 4. The van der Waals surface area contributed by atoms with E-state index >= 15 is 0 Å². The first-order valence-corrected chi connectivity index (χ1v) is 7.72. The highest BCUT2D eigenvalue weighted by Gasteiger charge is 2.16. The van der Waals surface area contributed by atoms with Crippen LogP contribution in [0.4, 0.5) is 0 Å². The van der Waals surface area contributed by atoms with Gasteiger partial charge < -0.3 is 10.6 Å². The molecule has 0 atom stereocenters. The summed E-state index contributed by atoms with van der Waals surface area (Å²) in [6, 6.07) is 8.14. The van der Waals surface area contributed by atoms with Crippen molar-refractivity contribution in [2.75, 3.05) is 13.1 Å². The molecule has 2 N–H and O–H groups in total. The highest BCUT2D eigenvalue weighted by molar-refractivity contribution is 6.30. The first-order chi connectivity index (χ1) is 11.4. The van der Waals surface area contributed by atoms with Crippen molar-refractivity contribution in [3.8, 4) is 5.69 Å². The van der Waals surface area contributed by atoms with Crippen LogP contribution in [0.15, 0.2) is 35.1 Å². The average Bonchev–Trinajstić information content (AvgIpc) is 2.54. The summed E-state index contributed by atoms with van der Waals surface area (Å²) in [4.78, 5) is 35.6. The lowest BCUT2D eigenvalue weighted by molar-refractivity contribution is -0.120. The van der Waals surface area contributed by atoms with Gasteiger partial charge in [-0.1, -0.05) is 11.6 Å². The van der Waals surface area contributed by atoms with Gasteiger partial charge in [-0.05, 0) is 38.1 Å². The number of aromatic nitrogens is 2. The predicted molar refractivity (Wildman–Crippen MR) is 90.6 cm³/mol. The van der Waals surface area contributed by atoms with E-state index in [4.69, 9.17) is 11.6 Å². The SMILES string of the molecule is CCNC(=O)CNC(=O)c1nn(-c2ccc(Cl)cc2)c(C)cc1=O. The van der Waals surface area contributed by atoms with E-state index in [9.17, 15) is 14.4 Å². The number of benzene rings is 1. The molecule has 24 heavy (non-hydrogen) atoms. The predicted octanol–water partition coefficient (Wildman–Crippen LogP) is 1.06. The number of carbonyl (C=O) groups is 2. The number of hydrogen-bond donors (Lipinski definition) is 2. The Hall–Kier alpha value is -2.67. The molecule has 126 valence electrons. The third kappa shape index (κ3) is 4.20. The Morgan fingerprint density at radius 3 is 2.50 bits per heavy atom. The van der Waals surface area contributed by atoms with Crippen LogP contribution in [0.1, 0.15) is 23.1 Å². The van der Waals surface area contributed by atoms with E-state index in [1.54, 1.807) is 38.1 Å². The zero-order chi connectivity index (χ0) is 17.7. The van der Waals surface area contributed by atoms with E-state index < -0.39 is 11.3 Å². The van der Waals surface area contributed by atoms with Crippen LogP contribution < -0.4 is 16.1 Å². The zero-order valence-electron chi connectivity index (χ0n) is 13.3. The number of nitrogens with zero attached hydrogens (tertiary/aromatic N) is 2. The van der Waals surface area contributed by atoms with Gasteiger partial charge in [-0.3, -0.25) is 14.4 Å². The van der Waals surface area contributed by atoms with E-state index in [1.165, 1.54) is 10.7 Å². The monoisotopic (exact) mass is 348 g/mol. The van der Waals surface area contributed by atoms with Crippen LogP contribution >= 0.6 is 11.6 Å². The number of aryl methyl sites for hydroxylation is 1. The number of carbonyl (C=O) groups excluding carboxylic acids is 2. The normalized spacial score (nSPS) is 10.3. The highest BCUT2D eigenvalue weighted by atomic mass is 35.5. The molecule has 0 aliphatic rings. The van der Waals surface area contributed by atoms with Crippen LogP contribution in [0.5, 0.6) is 0 Å². The Labute approximate surface area is 143 Å². The third-order valence-corrected chi connectivity index (χ3v) is 3.43. The summed E-state index contributed by atoms with van der Waals surface area (Å²) < 4.78 is 1.47. The third-order valence-electron chi connectivity index (χ3n) is 3.18. The standard InChI is InChI=1S/C16H17ClN4O3/c1-3-18-14(23)9-19-16(24)15-13(22)8-10(2)21(20-15)12-6-4-11(17)5-7-12/h4-8H,3,9H2,1-2H3,(H,18,23)(H,19,24). The molecular weight excluding hydrogens is 332 g/mol. The molecule has 0 aliphatic heterocycles. The van der Waals surface area contributed by atoms with Gasteiger partial charge >= 0.3 is 0 Å². The van der Waals surface area contributed by atoms with Gasteiger partial charge in [0.25, 0.3) is 5.91 Å². The molecule has 1 aromatic carbocycles. The summed E-state index contributed by atoms with van der Waals surface area (Å²) >= 11 is 5.86. The topological polar surface area (TPSA) is 93.1 Å². The van der Waals surface area contributed by atoms with E-state index in [-0.39, 0.29) is 18.1 Å². The molecule has 0 radical (unpaired) electrons. The summed E-state index contributed by atoms with van der Waals surface area (Å²) in [5.74, 6) is -1.04. The quantitative estimate of drug-likeness (QED) is 0.845. The number of nitrogens with one attached hydrogen (secondary N) is 2. The molecule has 0 spiro atoms. The molecule has 0 unspecified atom stereocenters. The fourth-order valence-corrected chi connectivity index (χ4v) is 2.18. The maximum atomic E-state index is 12.1. The number of likely N-dealkylation sites (N-methyl/N-ethyl adjacent to an activating group) is 1. The molecule has 8 heteroatoms. The summed E-state index contributed by atoms with van der Waals surface area (Å²) in [6.45, 7) is 3.72. The maximum Gasteiger partial charge on any atom is 0.276 e. The summed E-state index contributed by atoms with van der Waals surface area (Å²) in [5, 5.41) is 9.61. The lowest BCUT2D eigenvalue weighted by Crippen LogP contribution is -2.39. The van der Waals surface area contributed by atoms with Crippen LogP contribution in [-0.2, 0) is 4.79 Å². The van der Waals surface area contributed by atoms with Gasteiger partial charge in [-0.15, -0.1) is 0 Å². The van der Waals surface area contributed by atoms with E-state index in [2.05, 4.69) is 15.7 Å². The van der Waals surface area contributed by atoms with E-state index in [1.807, 2.05) is 0 Å². The van der Waals surface area contributed by atoms with Crippen LogP contribution in [0, 0.1) is 6.92 Å². The molecule has 0 aliphatic carbocycles. The van der Waals surface area contributed by atoms with Crippen LogP contribution in [0.25, 0.3) is 5.69 Å². The Morgan fingerprint density at radius 2 is 1.88 bits per heavy atom. The Morgan fingerprint density at radius 1 is 1.21 bits per heavy atom. The van der Waals surface area contributed by atoms with Crippen molar-refractivity contribution in [3.05, 3.63) is 57.0 Å². The second-order valence-electron chi connectivity index (χ2n) is 5.02. The molecule has 0 fully saturated rings. The Bertz CT molecular complexity index is 815. The van der Waals surface area contributed by atoms with Crippen molar-refractivity contribution in [1.82, 2.24) is 20.4 Å². The molecule has 2 rings (SSSR count). The summed E-state index contributed by atoms with van der Waals surface area (Å²) in [6.07, 6.45) is 0. The van der Waals surface area contributed by atoms with Gasteiger partial charge in [0.2, 0.25) is 11.3 Å². The molecule has 2 aromatic rings. The fourth-order valence-electron chi connectivity index (χ4n) is 2.05. The summed E-state index contributed by atoms with van der Waals surface area (Å²) in [7, 11) is 0. The Balaban J connectivity index is 2.29. The van der Waals surface area contributed by atoms with Crippen LogP contribution in [-0.4, -0.2) is 34.7 Å². The molecule has 2 amide bonds. The maximum absolute atomic E-state index is 12.1. The average molecular weight is 349 g/mol.